The first-order chi connectivity index (χ1) is 25.5. The molecule has 7 rings (SSSR count). The van der Waals surface area contributed by atoms with Gasteiger partial charge in [0.05, 0.1) is 22.6 Å². The van der Waals surface area contributed by atoms with E-state index in [0.29, 0.717) is 47.1 Å². The molecule has 0 aromatic carbocycles. The predicted octanol–water partition coefficient (Wildman–Crippen LogP) is 9.96. The zero-order valence-corrected chi connectivity index (χ0v) is 35.6. The summed E-state index contributed by atoms with van der Waals surface area (Å²) in [6.45, 7) is 19.7. The Kier molecular flexibility index (Phi) is 9.70. The lowest BCUT2D eigenvalue weighted by Gasteiger charge is -2.72. The molecule has 0 spiro atoms. The lowest BCUT2D eigenvalue weighted by molar-refractivity contribution is -0.233. The Hall–Kier alpha value is -3.00. The van der Waals surface area contributed by atoms with E-state index in [1.54, 1.807) is 26.1 Å². The molecule has 0 bridgehead atoms. The normalized spacial score (nSPS) is 38.3. The first-order valence-electron chi connectivity index (χ1n) is 20.8. The van der Waals surface area contributed by atoms with Crippen LogP contribution in [0.3, 0.4) is 0 Å². The molecule has 9 heteroatoms. The number of carbonyl (C=O) groups excluding carboxylic acids is 3. The molecular formula is C46H63ClN2O6. The maximum atomic E-state index is 14.2. The molecule has 1 aromatic heterocycles. The molecule has 4 saturated carbocycles. The Bertz CT molecular complexity index is 1860. The Labute approximate surface area is 333 Å². The number of ether oxygens (including phenoxy) is 1. The van der Waals surface area contributed by atoms with Crippen LogP contribution in [0, 0.1) is 56.2 Å². The number of esters is 1. The lowest BCUT2D eigenvalue weighted by atomic mass is 9.33. The molecule has 55 heavy (non-hydrogen) atoms. The van der Waals surface area contributed by atoms with Gasteiger partial charge in [-0.1, -0.05) is 65.6 Å². The van der Waals surface area contributed by atoms with Crippen molar-refractivity contribution < 1.29 is 29.0 Å². The number of hydrogen-bond donors (Lipinski definition) is 1. The van der Waals surface area contributed by atoms with Gasteiger partial charge in [0.1, 0.15) is 12.1 Å². The Morgan fingerprint density at radius 3 is 2.33 bits per heavy atom. The molecule has 1 N–H and O–H groups in total. The van der Waals surface area contributed by atoms with Crippen LogP contribution in [-0.4, -0.2) is 51.6 Å². The fourth-order valence-electron chi connectivity index (χ4n) is 13.9. The largest absolute Gasteiger partial charge is 0.481 e. The van der Waals surface area contributed by atoms with E-state index in [0.717, 1.165) is 62.6 Å². The number of aliphatic carboxylic acids is 1. The molecule has 6 aliphatic rings. The van der Waals surface area contributed by atoms with Gasteiger partial charge in [-0.05, 0) is 129 Å². The summed E-state index contributed by atoms with van der Waals surface area (Å²) < 4.78 is 6.18. The van der Waals surface area contributed by atoms with Crippen molar-refractivity contribution in [1.82, 2.24) is 9.88 Å². The van der Waals surface area contributed by atoms with Crippen molar-refractivity contribution in [2.24, 2.45) is 56.2 Å². The highest BCUT2D eigenvalue weighted by Crippen LogP contribution is 2.77. The molecule has 9 atom stereocenters. The molecule has 5 aliphatic carbocycles. The van der Waals surface area contributed by atoms with Gasteiger partial charge in [-0.25, -0.2) is 0 Å². The number of pyridine rings is 1. The summed E-state index contributed by atoms with van der Waals surface area (Å²) in [6.07, 6.45) is 12.2. The smallest absolute Gasteiger partial charge is 0.309 e. The SMILES string of the molecule is CC(C)C1=C2[C@H]3CC[C@@H]4[C@@]5(C)CC[C@H](OC(=O)CC(C)(C)C(=O)O)C(C)(C)[C@@H]5CC[C@@]4(C)[C@]3(C)CC[C@@]2(CC2=CC(=O)C(c3ccc(Cl)cn3)N2C)CC1=O. The Morgan fingerprint density at radius 1 is 0.982 bits per heavy atom. The van der Waals surface area contributed by atoms with E-state index in [2.05, 4.69) is 58.4 Å². The summed E-state index contributed by atoms with van der Waals surface area (Å²) in [4.78, 5) is 59.3. The fraction of sp³-hybridized carbons (Fsp3) is 0.717. The predicted molar refractivity (Wildman–Crippen MR) is 213 cm³/mol. The van der Waals surface area contributed by atoms with Gasteiger partial charge in [0.2, 0.25) is 0 Å². The number of carbonyl (C=O) groups is 4. The average molecular weight is 775 g/mol. The third kappa shape index (κ3) is 5.99. The zero-order valence-electron chi connectivity index (χ0n) is 34.8. The standard InChI is InChI=1S/C46H63ClN2O6/c1-26(2)37-32(51)23-46(22-28-21-31(50)39(49(28)10)30-13-11-27(47)25-48-30)20-19-44(8)29(38(37)46)12-14-34-43(7)17-16-35(55-36(52)24-41(3,4)40(53)54)42(5,6)33(43)15-18-45(34,44)9/h11,13,21,25-26,29,33-35,39H,12,14-20,22-24H2,1-10H3,(H,53,54)/t29-,33+,34-,35+,39?,43+,44-,45-,46-/m1/s1. The number of ketones is 2. The van der Waals surface area contributed by atoms with Crippen molar-refractivity contribution in [3.63, 3.8) is 0 Å². The summed E-state index contributed by atoms with van der Waals surface area (Å²) in [5.41, 5.74) is 2.54. The maximum absolute atomic E-state index is 14.2. The molecule has 4 fully saturated rings. The molecule has 1 aromatic rings. The molecule has 0 saturated heterocycles. The minimum Gasteiger partial charge on any atom is -0.481 e. The van der Waals surface area contributed by atoms with E-state index in [1.165, 1.54) is 5.57 Å². The van der Waals surface area contributed by atoms with Crippen molar-refractivity contribution in [2.45, 2.75) is 145 Å². The molecule has 300 valence electrons. The second kappa shape index (κ2) is 13.3. The van der Waals surface area contributed by atoms with Crippen LogP contribution in [0.4, 0.5) is 0 Å². The van der Waals surface area contributed by atoms with Gasteiger partial charge in [-0.2, -0.15) is 0 Å². The Balaban J connectivity index is 1.17. The third-order valence-electron chi connectivity index (χ3n) is 16.9. The summed E-state index contributed by atoms with van der Waals surface area (Å²) in [6, 6.07) is 3.13. The maximum Gasteiger partial charge on any atom is 0.309 e. The van der Waals surface area contributed by atoms with Crippen LogP contribution in [0.5, 0.6) is 0 Å². The summed E-state index contributed by atoms with van der Waals surface area (Å²) >= 11 is 6.14. The first kappa shape index (κ1) is 40.2. The summed E-state index contributed by atoms with van der Waals surface area (Å²) in [5, 5.41) is 10.2. The number of allylic oxidation sites excluding steroid dienone is 3. The number of aromatic nitrogens is 1. The number of Topliss-reactive ketones (excluding diaryl/α,β-unsaturated/α-hetero) is 1. The second-order valence-electron chi connectivity index (χ2n) is 20.8. The van der Waals surface area contributed by atoms with Crippen LogP contribution in [-0.2, 0) is 23.9 Å². The first-order valence-corrected chi connectivity index (χ1v) is 21.2. The van der Waals surface area contributed by atoms with E-state index in [1.807, 2.05) is 19.2 Å². The molecule has 2 heterocycles. The molecule has 8 nitrogen and oxygen atoms in total. The van der Waals surface area contributed by atoms with Crippen molar-refractivity contribution in [1.29, 1.82) is 0 Å². The van der Waals surface area contributed by atoms with Crippen molar-refractivity contribution >= 4 is 35.1 Å². The van der Waals surface area contributed by atoms with Gasteiger partial charge >= 0.3 is 11.9 Å². The average Bonchev–Trinajstić information content (AvgIpc) is 3.53. The number of fused-ring (bicyclic) bond motifs is 7. The topological polar surface area (TPSA) is 114 Å². The van der Waals surface area contributed by atoms with E-state index in [4.69, 9.17) is 16.3 Å². The summed E-state index contributed by atoms with van der Waals surface area (Å²) in [5.74, 6) is 0.189. The second-order valence-corrected chi connectivity index (χ2v) is 21.2. The molecule has 1 unspecified atom stereocenters. The zero-order chi connectivity index (χ0) is 40.3. The number of nitrogens with zero attached hydrogens (tertiary/aromatic N) is 2. The van der Waals surface area contributed by atoms with Crippen LogP contribution in [0.2, 0.25) is 5.02 Å². The monoisotopic (exact) mass is 774 g/mol. The third-order valence-corrected chi connectivity index (χ3v) is 17.1. The molecule has 0 radical (unpaired) electrons. The number of hydrogen-bond acceptors (Lipinski definition) is 7. The lowest BCUT2D eigenvalue weighted by Crippen LogP contribution is -2.65. The highest BCUT2D eigenvalue weighted by Gasteiger charge is 2.70. The van der Waals surface area contributed by atoms with Crippen LogP contribution >= 0.6 is 11.6 Å². The van der Waals surface area contributed by atoms with E-state index in [9.17, 15) is 24.3 Å². The highest BCUT2D eigenvalue weighted by molar-refractivity contribution is 6.30. The van der Waals surface area contributed by atoms with Crippen LogP contribution in [0.15, 0.2) is 41.2 Å². The van der Waals surface area contributed by atoms with E-state index in [-0.39, 0.29) is 51.3 Å². The van der Waals surface area contributed by atoms with Gasteiger partial charge < -0.3 is 14.7 Å². The quantitative estimate of drug-likeness (QED) is 0.260. The van der Waals surface area contributed by atoms with Crippen LogP contribution < -0.4 is 0 Å². The van der Waals surface area contributed by atoms with Crippen LogP contribution in [0.25, 0.3) is 0 Å². The van der Waals surface area contributed by atoms with Gasteiger partial charge in [0, 0.05) is 42.3 Å². The molecular weight excluding hydrogens is 712 g/mol. The van der Waals surface area contributed by atoms with Gasteiger partial charge in [-0.3, -0.25) is 24.2 Å². The molecule has 1 aliphatic heterocycles. The minimum atomic E-state index is -1.17. The molecule has 0 amide bonds. The highest BCUT2D eigenvalue weighted by atomic mass is 35.5. The van der Waals surface area contributed by atoms with Crippen LogP contribution in [0.1, 0.15) is 145 Å². The van der Waals surface area contributed by atoms with Gasteiger partial charge in [-0.15, -0.1) is 0 Å². The number of carboxylic acid groups (broad SMARTS) is 1. The van der Waals surface area contributed by atoms with E-state index < -0.39 is 23.4 Å². The van der Waals surface area contributed by atoms with Crippen molar-refractivity contribution in [3.05, 3.63) is 52.0 Å². The van der Waals surface area contributed by atoms with Gasteiger partial charge in [0.15, 0.2) is 11.6 Å². The van der Waals surface area contributed by atoms with Crippen molar-refractivity contribution in [2.75, 3.05) is 7.05 Å². The number of carboxylic acids is 1. The van der Waals surface area contributed by atoms with E-state index >= 15 is 0 Å². The van der Waals surface area contributed by atoms with Crippen molar-refractivity contribution in [3.8, 4) is 0 Å². The number of rotatable bonds is 8. The fourth-order valence-corrected chi connectivity index (χ4v) is 14.0. The Morgan fingerprint density at radius 2 is 1.69 bits per heavy atom. The number of halogens is 1. The summed E-state index contributed by atoms with van der Waals surface area (Å²) in [7, 11) is 1.99. The minimum absolute atomic E-state index is 0.00486. The van der Waals surface area contributed by atoms with Gasteiger partial charge in [0.25, 0.3) is 0 Å². The number of likely N-dealkylation sites (N-methyl/N-ethyl adjacent to an activating group) is 1.